The van der Waals surface area contributed by atoms with Gasteiger partial charge < -0.3 is 4.90 Å². The van der Waals surface area contributed by atoms with Gasteiger partial charge in [-0.3, -0.25) is 4.90 Å². The molecule has 0 aromatic heterocycles. The lowest BCUT2D eigenvalue weighted by molar-refractivity contribution is 0.0166. The molecular formula is C16H32N2S. The molecule has 0 aromatic carbocycles. The fourth-order valence-electron chi connectivity index (χ4n) is 3.48. The summed E-state index contributed by atoms with van der Waals surface area (Å²) < 4.78 is 0. The quantitative estimate of drug-likeness (QED) is 0.794. The first-order valence-electron chi connectivity index (χ1n) is 7.86. The topological polar surface area (TPSA) is 6.48 Å². The number of thiol groups is 1. The second-order valence-electron chi connectivity index (χ2n) is 8.21. The van der Waals surface area contributed by atoms with Gasteiger partial charge in [-0.15, -0.1) is 0 Å². The van der Waals surface area contributed by atoms with Crippen LogP contribution >= 0.6 is 12.6 Å². The summed E-state index contributed by atoms with van der Waals surface area (Å²) in [6.07, 6.45) is 2.77. The zero-order valence-corrected chi connectivity index (χ0v) is 14.3. The molecular weight excluding hydrogens is 252 g/mol. The van der Waals surface area contributed by atoms with E-state index >= 15 is 0 Å². The Hall–Kier alpha value is 0.270. The lowest BCUT2D eigenvalue weighted by Crippen LogP contribution is -2.58. The highest BCUT2D eigenvalue weighted by Crippen LogP contribution is 2.35. The molecule has 2 aliphatic heterocycles. The van der Waals surface area contributed by atoms with Gasteiger partial charge in [0.1, 0.15) is 0 Å². The molecule has 0 radical (unpaired) electrons. The molecule has 2 saturated heterocycles. The summed E-state index contributed by atoms with van der Waals surface area (Å²) in [7, 11) is 0. The molecule has 2 heterocycles. The summed E-state index contributed by atoms with van der Waals surface area (Å²) in [4.78, 5) is 5.23. The molecule has 112 valence electrons. The number of hydrogen-bond acceptors (Lipinski definition) is 3. The second-order valence-corrected chi connectivity index (χ2v) is 9.30. The normalized spacial score (nSPS) is 25.6. The highest BCUT2D eigenvalue weighted by molar-refractivity contribution is 7.81. The highest BCUT2D eigenvalue weighted by Gasteiger charge is 2.36. The Kier molecular flexibility index (Phi) is 4.59. The molecule has 0 aromatic rings. The lowest BCUT2D eigenvalue weighted by atomic mass is 9.75. The Labute approximate surface area is 125 Å². The molecule has 3 heteroatoms. The van der Waals surface area contributed by atoms with E-state index in [2.05, 4.69) is 57.0 Å². The zero-order chi connectivity index (χ0) is 14.3. The monoisotopic (exact) mass is 284 g/mol. The molecule has 0 atom stereocenters. The standard InChI is InChI=1S/C16H32N2S/c1-15(2,3)14-6-8-17(9-7-14)10-13-11-18(12-13)16(4,5)19/h13-14,19H,6-12H2,1-5H3. The van der Waals surface area contributed by atoms with E-state index in [9.17, 15) is 0 Å². The maximum Gasteiger partial charge on any atom is 0.0583 e. The number of likely N-dealkylation sites (tertiary alicyclic amines) is 2. The predicted octanol–water partition coefficient (Wildman–Crippen LogP) is 3.34. The van der Waals surface area contributed by atoms with Gasteiger partial charge in [0.15, 0.2) is 0 Å². The van der Waals surface area contributed by atoms with Crippen molar-refractivity contribution in [2.24, 2.45) is 17.3 Å². The maximum atomic E-state index is 4.64. The van der Waals surface area contributed by atoms with Crippen molar-refractivity contribution in [3.05, 3.63) is 0 Å². The smallest absolute Gasteiger partial charge is 0.0583 e. The molecule has 0 amide bonds. The van der Waals surface area contributed by atoms with Gasteiger partial charge in [-0.1, -0.05) is 20.8 Å². The van der Waals surface area contributed by atoms with Gasteiger partial charge >= 0.3 is 0 Å². The summed E-state index contributed by atoms with van der Waals surface area (Å²) in [6.45, 7) is 18.0. The van der Waals surface area contributed by atoms with Crippen LogP contribution in [-0.2, 0) is 0 Å². The SMILES string of the molecule is CC(C)(C)C1CCN(CC2CN(C(C)(C)S)C2)CC1. The number of nitrogens with zero attached hydrogens (tertiary/aromatic N) is 2. The molecule has 0 unspecified atom stereocenters. The van der Waals surface area contributed by atoms with Crippen LogP contribution in [0.4, 0.5) is 0 Å². The van der Waals surface area contributed by atoms with E-state index in [-0.39, 0.29) is 4.87 Å². The summed E-state index contributed by atoms with van der Waals surface area (Å²) in [5, 5.41) is 0. The molecule has 0 N–H and O–H groups in total. The first-order chi connectivity index (χ1) is 8.66. The van der Waals surface area contributed by atoms with Crippen molar-refractivity contribution in [3.63, 3.8) is 0 Å². The lowest BCUT2D eigenvalue weighted by Gasteiger charge is -2.49. The number of piperidine rings is 1. The maximum absolute atomic E-state index is 4.64. The molecule has 0 saturated carbocycles. The minimum atomic E-state index is 0.0652. The van der Waals surface area contributed by atoms with Crippen LogP contribution in [-0.4, -0.2) is 47.4 Å². The largest absolute Gasteiger partial charge is 0.303 e. The van der Waals surface area contributed by atoms with Crippen molar-refractivity contribution < 1.29 is 0 Å². The average molecular weight is 285 g/mol. The van der Waals surface area contributed by atoms with Crippen molar-refractivity contribution >= 4 is 12.6 Å². The van der Waals surface area contributed by atoms with Crippen molar-refractivity contribution in [1.82, 2.24) is 9.80 Å². The Morgan fingerprint density at radius 2 is 1.53 bits per heavy atom. The Morgan fingerprint density at radius 3 is 1.95 bits per heavy atom. The fourth-order valence-corrected chi connectivity index (χ4v) is 3.64. The van der Waals surface area contributed by atoms with Crippen molar-refractivity contribution in [3.8, 4) is 0 Å². The third kappa shape index (κ3) is 4.12. The van der Waals surface area contributed by atoms with Crippen molar-refractivity contribution in [1.29, 1.82) is 0 Å². The van der Waals surface area contributed by atoms with Crippen LogP contribution in [0, 0.1) is 17.3 Å². The van der Waals surface area contributed by atoms with Crippen LogP contribution in [0.1, 0.15) is 47.5 Å². The summed E-state index contributed by atoms with van der Waals surface area (Å²) in [6, 6.07) is 0. The van der Waals surface area contributed by atoms with E-state index in [0.717, 1.165) is 11.8 Å². The molecule has 2 fully saturated rings. The van der Waals surface area contributed by atoms with E-state index in [4.69, 9.17) is 0 Å². The van der Waals surface area contributed by atoms with Gasteiger partial charge in [0.2, 0.25) is 0 Å². The average Bonchev–Trinajstić information content (AvgIpc) is 2.20. The molecule has 2 rings (SSSR count). The van der Waals surface area contributed by atoms with E-state index in [1.54, 1.807) is 0 Å². The predicted molar refractivity (Wildman–Crippen MR) is 86.7 cm³/mol. The third-order valence-electron chi connectivity index (χ3n) is 5.06. The van der Waals surface area contributed by atoms with Gasteiger partial charge in [-0.05, 0) is 57.0 Å². The molecule has 0 spiro atoms. The Balaban J connectivity index is 1.68. The van der Waals surface area contributed by atoms with Gasteiger partial charge in [0.25, 0.3) is 0 Å². The van der Waals surface area contributed by atoms with Crippen LogP contribution in [0.15, 0.2) is 0 Å². The van der Waals surface area contributed by atoms with Crippen molar-refractivity contribution in [2.75, 3.05) is 32.7 Å². The van der Waals surface area contributed by atoms with Crippen LogP contribution < -0.4 is 0 Å². The Morgan fingerprint density at radius 1 is 1.00 bits per heavy atom. The number of hydrogen-bond donors (Lipinski definition) is 1. The van der Waals surface area contributed by atoms with Crippen LogP contribution in [0.5, 0.6) is 0 Å². The zero-order valence-electron chi connectivity index (χ0n) is 13.4. The van der Waals surface area contributed by atoms with Crippen LogP contribution in [0.25, 0.3) is 0 Å². The third-order valence-corrected chi connectivity index (χ3v) is 5.34. The summed E-state index contributed by atoms with van der Waals surface area (Å²) >= 11 is 4.64. The summed E-state index contributed by atoms with van der Waals surface area (Å²) in [5.41, 5.74) is 0.495. The molecule has 0 aliphatic carbocycles. The highest BCUT2D eigenvalue weighted by atomic mass is 32.1. The number of rotatable bonds is 3. The van der Waals surface area contributed by atoms with Gasteiger partial charge in [-0.25, -0.2) is 0 Å². The molecule has 19 heavy (non-hydrogen) atoms. The fraction of sp³-hybridized carbons (Fsp3) is 1.00. The molecule has 0 bridgehead atoms. The first-order valence-corrected chi connectivity index (χ1v) is 8.31. The molecule has 2 nitrogen and oxygen atoms in total. The second kappa shape index (κ2) is 5.57. The molecule has 2 aliphatic rings. The first kappa shape index (κ1) is 15.7. The van der Waals surface area contributed by atoms with Crippen LogP contribution in [0.3, 0.4) is 0 Å². The minimum absolute atomic E-state index is 0.0652. The minimum Gasteiger partial charge on any atom is -0.303 e. The van der Waals surface area contributed by atoms with Crippen molar-refractivity contribution in [2.45, 2.75) is 52.3 Å². The Bertz CT molecular complexity index is 289. The van der Waals surface area contributed by atoms with E-state index < -0.39 is 0 Å². The van der Waals surface area contributed by atoms with E-state index in [0.29, 0.717) is 5.41 Å². The van der Waals surface area contributed by atoms with Gasteiger partial charge in [-0.2, -0.15) is 12.6 Å². The van der Waals surface area contributed by atoms with Gasteiger partial charge in [0, 0.05) is 19.6 Å². The summed E-state index contributed by atoms with van der Waals surface area (Å²) in [5.74, 6) is 1.79. The van der Waals surface area contributed by atoms with Gasteiger partial charge in [0.05, 0.1) is 4.87 Å². The van der Waals surface area contributed by atoms with E-state index in [1.165, 1.54) is 45.6 Å². The van der Waals surface area contributed by atoms with Crippen LogP contribution in [0.2, 0.25) is 0 Å². The van der Waals surface area contributed by atoms with E-state index in [1.807, 2.05) is 0 Å².